The first-order valence-electron chi connectivity index (χ1n) is 8.56. The molecule has 4 nitrogen and oxygen atoms in total. The maximum Gasteiger partial charge on any atom is 0.193 e. The molecule has 0 bridgehead atoms. The van der Waals surface area contributed by atoms with Gasteiger partial charge in [0.2, 0.25) is 0 Å². The maximum atomic E-state index is 13.0. The third-order valence-corrected chi connectivity index (χ3v) is 4.37. The molecule has 4 rings (SSSR count). The van der Waals surface area contributed by atoms with E-state index < -0.39 is 0 Å². The molecule has 1 heterocycles. The fraction of sp³-hybridized carbons (Fsp3) is 0.0435. The average Bonchev–Trinajstić information content (AvgIpc) is 3.24. The maximum absolute atomic E-state index is 13.0. The molecule has 1 aromatic heterocycles. The van der Waals surface area contributed by atoms with Crippen LogP contribution in [0.25, 0.3) is 22.6 Å². The van der Waals surface area contributed by atoms with Crippen LogP contribution in [-0.4, -0.2) is 18.0 Å². The van der Waals surface area contributed by atoms with E-state index in [1.54, 1.807) is 37.4 Å². The van der Waals surface area contributed by atoms with Gasteiger partial charge in [0.05, 0.1) is 7.11 Å². The first-order chi connectivity index (χ1) is 13.3. The number of ether oxygens (including phenoxy) is 1. The molecule has 3 aromatic carbocycles. The average molecular weight is 355 g/mol. The Labute approximate surface area is 157 Å². The molecular formula is C23H17NO3. The molecule has 0 spiro atoms. The highest BCUT2D eigenvalue weighted by atomic mass is 16.5. The topological polar surface area (TPSA) is 52.3 Å². The highest BCUT2D eigenvalue weighted by molar-refractivity contribution is 6.12. The molecule has 0 saturated carbocycles. The molecule has 132 valence electrons. The first kappa shape index (κ1) is 16.8. The Morgan fingerprint density at radius 1 is 0.889 bits per heavy atom. The first-order valence-corrected chi connectivity index (χ1v) is 8.56. The molecule has 4 aromatic rings. The van der Waals surface area contributed by atoms with Gasteiger partial charge in [0, 0.05) is 28.3 Å². The van der Waals surface area contributed by atoms with Gasteiger partial charge >= 0.3 is 0 Å². The molecule has 27 heavy (non-hydrogen) atoms. The summed E-state index contributed by atoms with van der Waals surface area (Å²) in [6.45, 7) is 0. The summed E-state index contributed by atoms with van der Waals surface area (Å²) >= 11 is 0. The lowest BCUT2D eigenvalue weighted by molar-refractivity contribution is 0.103. The SMILES string of the molecule is COc1ccc(C(=O)c2ccccc2-c2cc(-c3ccccc3)on2)cc1. The number of methoxy groups -OCH3 is 1. The Balaban J connectivity index is 1.71. The van der Waals surface area contributed by atoms with Crippen LogP contribution in [0, 0.1) is 0 Å². The summed E-state index contributed by atoms with van der Waals surface area (Å²) in [4.78, 5) is 13.0. The van der Waals surface area contributed by atoms with Crippen molar-refractivity contribution in [2.45, 2.75) is 0 Å². The van der Waals surface area contributed by atoms with Crippen molar-refractivity contribution in [2.75, 3.05) is 7.11 Å². The molecule has 0 unspecified atom stereocenters. The summed E-state index contributed by atoms with van der Waals surface area (Å²) in [6, 6.07) is 26.1. The normalized spacial score (nSPS) is 10.6. The number of benzene rings is 3. The zero-order chi connectivity index (χ0) is 18.6. The molecule has 4 heteroatoms. The predicted molar refractivity (Wildman–Crippen MR) is 104 cm³/mol. The largest absolute Gasteiger partial charge is 0.497 e. The monoisotopic (exact) mass is 355 g/mol. The summed E-state index contributed by atoms with van der Waals surface area (Å²) in [5.74, 6) is 1.30. The van der Waals surface area contributed by atoms with E-state index >= 15 is 0 Å². The number of carbonyl (C=O) groups excluding carboxylic acids is 1. The molecule has 0 aliphatic heterocycles. The Morgan fingerprint density at radius 3 is 2.33 bits per heavy atom. The van der Waals surface area contributed by atoms with Crippen molar-refractivity contribution in [3.8, 4) is 28.3 Å². The lowest BCUT2D eigenvalue weighted by Crippen LogP contribution is -2.03. The van der Waals surface area contributed by atoms with Crippen LogP contribution in [0.3, 0.4) is 0 Å². The van der Waals surface area contributed by atoms with Crippen LogP contribution in [0.5, 0.6) is 5.75 Å². The van der Waals surface area contributed by atoms with E-state index in [2.05, 4.69) is 5.16 Å². The second-order valence-electron chi connectivity index (χ2n) is 6.05. The molecule has 0 amide bonds. The Bertz CT molecular complexity index is 1070. The highest BCUT2D eigenvalue weighted by Crippen LogP contribution is 2.29. The molecule has 0 N–H and O–H groups in total. The van der Waals surface area contributed by atoms with Gasteiger partial charge in [0.25, 0.3) is 0 Å². The Hall–Kier alpha value is -3.66. The number of aromatic nitrogens is 1. The number of nitrogens with zero attached hydrogens (tertiary/aromatic N) is 1. The minimum absolute atomic E-state index is 0.0717. The number of hydrogen-bond acceptors (Lipinski definition) is 4. The van der Waals surface area contributed by atoms with Crippen LogP contribution in [0.1, 0.15) is 15.9 Å². The van der Waals surface area contributed by atoms with E-state index in [1.165, 1.54) is 0 Å². The second-order valence-corrected chi connectivity index (χ2v) is 6.05. The third kappa shape index (κ3) is 3.37. The standard InChI is InChI=1S/C23H17NO3/c1-26-18-13-11-17(12-14-18)23(25)20-10-6-5-9-19(20)21-15-22(27-24-21)16-7-3-2-4-8-16/h2-15H,1H3. The summed E-state index contributed by atoms with van der Waals surface area (Å²) in [5, 5.41) is 4.18. The highest BCUT2D eigenvalue weighted by Gasteiger charge is 2.17. The molecular weight excluding hydrogens is 338 g/mol. The molecule has 0 saturated heterocycles. The summed E-state index contributed by atoms with van der Waals surface area (Å²) in [7, 11) is 1.60. The van der Waals surface area contributed by atoms with Crippen LogP contribution in [0.2, 0.25) is 0 Å². The van der Waals surface area contributed by atoms with Crippen molar-refractivity contribution < 1.29 is 14.1 Å². The van der Waals surface area contributed by atoms with Gasteiger partial charge in [0.1, 0.15) is 11.4 Å². The third-order valence-electron chi connectivity index (χ3n) is 4.37. The van der Waals surface area contributed by atoms with Crippen molar-refractivity contribution in [3.63, 3.8) is 0 Å². The fourth-order valence-corrected chi connectivity index (χ4v) is 2.94. The van der Waals surface area contributed by atoms with E-state index in [9.17, 15) is 4.79 Å². The zero-order valence-electron chi connectivity index (χ0n) is 14.8. The van der Waals surface area contributed by atoms with E-state index in [1.807, 2.05) is 54.6 Å². The number of rotatable bonds is 5. The van der Waals surface area contributed by atoms with Crippen molar-refractivity contribution >= 4 is 5.78 Å². The lowest BCUT2D eigenvalue weighted by atomic mass is 9.96. The van der Waals surface area contributed by atoms with Crippen LogP contribution in [-0.2, 0) is 0 Å². The van der Waals surface area contributed by atoms with Crippen LogP contribution in [0.15, 0.2) is 89.5 Å². The molecule has 0 radical (unpaired) electrons. The van der Waals surface area contributed by atoms with Gasteiger partial charge in [-0.25, -0.2) is 0 Å². The van der Waals surface area contributed by atoms with Gasteiger partial charge in [-0.05, 0) is 24.3 Å². The summed E-state index contributed by atoms with van der Waals surface area (Å²) in [5.41, 5.74) is 3.48. The summed E-state index contributed by atoms with van der Waals surface area (Å²) < 4.78 is 10.7. The fourth-order valence-electron chi connectivity index (χ4n) is 2.94. The second kappa shape index (κ2) is 7.30. The minimum atomic E-state index is -0.0717. The van der Waals surface area contributed by atoms with Crippen LogP contribution < -0.4 is 4.74 Å². The minimum Gasteiger partial charge on any atom is -0.497 e. The van der Waals surface area contributed by atoms with Crippen molar-refractivity contribution in [2.24, 2.45) is 0 Å². The van der Waals surface area contributed by atoms with E-state index in [0.717, 1.165) is 11.1 Å². The number of ketones is 1. The van der Waals surface area contributed by atoms with Crippen molar-refractivity contribution in [3.05, 3.63) is 96.1 Å². The van der Waals surface area contributed by atoms with Gasteiger partial charge in [-0.3, -0.25) is 4.79 Å². The Morgan fingerprint density at radius 2 is 1.59 bits per heavy atom. The quantitative estimate of drug-likeness (QED) is 0.459. The molecule has 0 aliphatic carbocycles. The van der Waals surface area contributed by atoms with Gasteiger partial charge in [-0.2, -0.15) is 0 Å². The zero-order valence-corrected chi connectivity index (χ0v) is 14.8. The van der Waals surface area contributed by atoms with Crippen molar-refractivity contribution in [1.82, 2.24) is 5.16 Å². The lowest BCUT2D eigenvalue weighted by Gasteiger charge is -2.07. The number of carbonyl (C=O) groups is 1. The molecule has 0 aliphatic rings. The van der Waals surface area contributed by atoms with E-state index in [-0.39, 0.29) is 5.78 Å². The molecule has 0 fully saturated rings. The smallest absolute Gasteiger partial charge is 0.193 e. The van der Waals surface area contributed by atoms with Gasteiger partial charge in [-0.15, -0.1) is 0 Å². The van der Waals surface area contributed by atoms with Crippen LogP contribution in [0.4, 0.5) is 0 Å². The van der Waals surface area contributed by atoms with Gasteiger partial charge < -0.3 is 9.26 Å². The van der Waals surface area contributed by atoms with Gasteiger partial charge in [0.15, 0.2) is 11.5 Å². The van der Waals surface area contributed by atoms with E-state index in [0.29, 0.717) is 28.3 Å². The van der Waals surface area contributed by atoms with E-state index in [4.69, 9.17) is 9.26 Å². The molecule has 0 atom stereocenters. The van der Waals surface area contributed by atoms with Crippen molar-refractivity contribution in [1.29, 1.82) is 0 Å². The van der Waals surface area contributed by atoms with Crippen LogP contribution >= 0.6 is 0 Å². The van der Waals surface area contributed by atoms with Gasteiger partial charge in [-0.1, -0.05) is 59.8 Å². The Kier molecular flexibility index (Phi) is 4.54. The predicted octanol–water partition coefficient (Wildman–Crippen LogP) is 5.25. The summed E-state index contributed by atoms with van der Waals surface area (Å²) in [6.07, 6.45) is 0. The number of hydrogen-bond donors (Lipinski definition) is 0.